The highest BCUT2D eigenvalue weighted by Gasteiger charge is 2.24. The Kier molecular flexibility index (Phi) is 0.796. The van der Waals surface area contributed by atoms with E-state index in [0.29, 0.717) is 0 Å². The van der Waals surface area contributed by atoms with Gasteiger partial charge in [-0.2, -0.15) is 0 Å². The molecular formula is C6H7NS. The van der Waals surface area contributed by atoms with Crippen LogP contribution in [0.25, 0.3) is 0 Å². The lowest BCUT2D eigenvalue weighted by Gasteiger charge is -2.27. The zero-order valence-corrected chi connectivity index (χ0v) is 5.53. The van der Waals surface area contributed by atoms with Gasteiger partial charge in [0.25, 0.3) is 0 Å². The fourth-order valence-electron chi connectivity index (χ4n) is 0.993. The monoisotopic (exact) mass is 125 g/mol. The Morgan fingerprint density at radius 2 is 2.62 bits per heavy atom. The van der Waals surface area contributed by atoms with Gasteiger partial charge < -0.3 is 0 Å². The summed E-state index contributed by atoms with van der Waals surface area (Å²) < 4.78 is 0. The summed E-state index contributed by atoms with van der Waals surface area (Å²) in [6, 6.07) is 0. The third-order valence-corrected chi connectivity index (χ3v) is 2.45. The summed E-state index contributed by atoms with van der Waals surface area (Å²) in [5.41, 5.74) is 1.30. The van der Waals surface area contributed by atoms with Crippen LogP contribution >= 0.6 is 11.8 Å². The molecule has 0 saturated heterocycles. The minimum Gasteiger partial charge on any atom is -0.252 e. The molecule has 2 heteroatoms. The highest BCUT2D eigenvalue weighted by molar-refractivity contribution is 8.14. The Morgan fingerprint density at radius 3 is 2.88 bits per heavy atom. The van der Waals surface area contributed by atoms with Gasteiger partial charge in [0.2, 0.25) is 0 Å². The molecule has 2 aliphatic heterocycles. The molecule has 8 heavy (non-hydrogen) atoms. The fourth-order valence-corrected chi connectivity index (χ4v) is 2.08. The van der Waals surface area contributed by atoms with Crippen molar-refractivity contribution in [2.45, 2.75) is 18.6 Å². The third-order valence-electron chi connectivity index (χ3n) is 1.41. The molecule has 2 heterocycles. The van der Waals surface area contributed by atoms with Crippen molar-refractivity contribution in [1.29, 1.82) is 0 Å². The Labute approximate surface area is 52.9 Å². The first-order chi connectivity index (χ1) is 3.84. The number of hydrogen-bond donors (Lipinski definition) is 0. The first kappa shape index (κ1) is 4.62. The van der Waals surface area contributed by atoms with E-state index >= 15 is 0 Å². The van der Waals surface area contributed by atoms with Crippen molar-refractivity contribution in [2.75, 3.05) is 0 Å². The summed E-state index contributed by atoms with van der Waals surface area (Å²) in [5, 5.41) is 2.02. The van der Waals surface area contributed by atoms with Crippen molar-refractivity contribution in [3.05, 3.63) is 11.8 Å². The van der Waals surface area contributed by atoms with Crippen LogP contribution in [0, 0.1) is 0 Å². The van der Waals surface area contributed by atoms with E-state index in [4.69, 9.17) is 0 Å². The van der Waals surface area contributed by atoms with Crippen molar-refractivity contribution < 1.29 is 0 Å². The quantitative estimate of drug-likeness (QED) is 0.481. The molecule has 0 aromatic carbocycles. The Hall–Kier alpha value is -0.240. The second kappa shape index (κ2) is 1.38. The van der Waals surface area contributed by atoms with Crippen molar-refractivity contribution in [3.63, 3.8) is 0 Å². The van der Waals surface area contributed by atoms with Crippen LogP contribution in [0.1, 0.15) is 13.3 Å². The molecule has 1 atom stereocenters. The van der Waals surface area contributed by atoms with E-state index < -0.39 is 0 Å². The van der Waals surface area contributed by atoms with Gasteiger partial charge >= 0.3 is 0 Å². The normalized spacial score (nSPS) is 32.9. The molecule has 3 aliphatic rings. The minimum atomic E-state index is 0.780. The van der Waals surface area contributed by atoms with Gasteiger partial charge in [-0.3, -0.25) is 4.99 Å². The predicted octanol–water partition coefficient (Wildman–Crippen LogP) is 1.81. The molecule has 0 amide bonds. The van der Waals surface area contributed by atoms with E-state index in [-0.39, 0.29) is 0 Å². The number of fused-ring (bicyclic) bond motifs is 1. The summed E-state index contributed by atoms with van der Waals surface area (Å²) in [4.78, 5) is 4.29. The summed E-state index contributed by atoms with van der Waals surface area (Å²) in [6.07, 6.45) is 3.44. The van der Waals surface area contributed by atoms with E-state index in [9.17, 15) is 0 Å². The highest BCUT2D eigenvalue weighted by atomic mass is 32.2. The molecule has 3 rings (SSSR count). The maximum atomic E-state index is 4.29. The van der Waals surface area contributed by atoms with E-state index in [1.165, 1.54) is 17.2 Å². The predicted molar refractivity (Wildman–Crippen MR) is 37.2 cm³/mol. The lowest BCUT2D eigenvalue weighted by Crippen LogP contribution is -2.18. The SMILES string of the molecule is CC1=NC2=CC(C2)S1. The maximum absolute atomic E-state index is 4.29. The molecule has 1 nitrogen and oxygen atoms in total. The van der Waals surface area contributed by atoms with Gasteiger partial charge in [0.15, 0.2) is 0 Å². The number of allylic oxidation sites excluding steroid dienone is 1. The van der Waals surface area contributed by atoms with E-state index in [1.807, 2.05) is 11.8 Å². The first-order valence-corrected chi connectivity index (χ1v) is 3.65. The molecule has 1 unspecified atom stereocenters. The smallest absolute Gasteiger partial charge is 0.0709 e. The Morgan fingerprint density at radius 1 is 1.88 bits per heavy atom. The molecule has 2 bridgehead atoms. The molecule has 0 saturated carbocycles. The molecule has 0 radical (unpaired) electrons. The van der Waals surface area contributed by atoms with Crippen LogP contribution in [-0.4, -0.2) is 10.3 Å². The number of rotatable bonds is 0. The van der Waals surface area contributed by atoms with Gasteiger partial charge in [0.05, 0.1) is 5.04 Å². The zero-order valence-electron chi connectivity index (χ0n) is 4.72. The Balaban J connectivity index is 2.33. The standard InChI is InChI=1S/C6H7NS/c1-4-7-5-2-6(3-5)8-4/h2,6H,3H2,1H3. The van der Waals surface area contributed by atoms with Gasteiger partial charge in [-0.25, -0.2) is 0 Å². The van der Waals surface area contributed by atoms with Crippen LogP contribution in [0.2, 0.25) is 0 Å². The largest absolute Gasteiger partial charge is 0.252 e. The molecule has 1 aliphatic carbocycles. The highest BCUT2D eigenvalue weighted by Crippen LogP contribution is 2.37. The number of thioether (sulfide) groups is 1. The summed E-state index contributed by atoms with van der Waals surface area (Å²) in [6.45, 7) is 2.07. The van der Waals surface area contributed by atoms with Crippen molar-refractivity contribution in [1.82, 2.24) is 0 Å². The van der Waals surface area contributed by atoms with Crippen LogP contribution in [0.5, 0.6) is 0 Å². The Bertz CT molecular complexity index is 181. The van der Waals surface area contributed by atoms with Crippen LogP contribution in [0.15, 0.2) is 16.8 Å². The summed E-state index contributed by atoms with van der Waals surface area (Å²) in [7, 11) is 0. The molecule has 0 aromatic heterocycles. The van der Waals surface area contributed by atoms with Crippen molar-refractivity contribution in [2.24, 2.45) is 4.99 Å². The second-order valence-electron chi connectivity index (χ2n) is 2.15. The number of aliphatic imine (C=N–C) groups is 1. The zero-order chi connectivity index (χ0) is 5.56. The number of hydrogen-bond acceptors (Lipinski definition) is 2. The van der Waals surface area contributed by atoms with Gasteiger partial charge in [0.1, 0.15) is 0 Å². The van der Waals surface area contributed by atoms with E-state index in [1.54, 1.807) is 0 Å². The van der Waals surface area contributed by atoms with Crippen LogP contribution < -0.4 is 0 Å². The molecule has 0 aromatic rings. The summed E-state index contributed by atoms with van der Waals surface area (Å²) in [5.74, 6) is 0. The molecule has 0 spiro atoms. The lowest BCUT2D eigenvalue weighted by molar-refractivity contribution is 0.870. The number of nitrogens with zero attached hydrogens (tertiary/aromatic N) is 1. The second-order valence-corrected chi connectivity index (χ2v) is 3.58. The van der Waals surface area contributed by atoms with Gasteiger partial charge in [0, 0.05) is 17.4 Å². The van der Waals surface area contributed by atoms with Gasteiger partial charge in [-0.15, -0.1) is 11.8 Å². The van der Waals surface area contributed by atoms with Crippen LogP contribution in [0.4, 0.5) is 0 Å². The molecular weight excluding hydrogens is 118 g/mol. The van der Waals surface area contributed by atoms with E-state index in [2.05, 4.69) is 18.0 Å². The van der Waals surface area contributed by atoms with Crippen molar-refractivity contribution in [3.8, 4) is 0 Å². The molecule has 42 valence electrons. The fraction of sp³-hybridized carbons (Fsp3) is 0.500. The van der Waals surface area contributed by atoms with Crippen LogP contribution in [0.3, 0.4) is 0 Å². The first-order valence-electron chi connectivity index (χ1n) is 2.77. The third kappa shape index (κ3) is 0.525. The van der Waals surface area contributed by atoms with Gasteiger partial charge in [-0.1, -0.05) is 0 Å². The summed E-state index contributed by atoms with van der Waals surface area (Å²) >= 11 is 1.88. The average molecular weight is 125 g/mol. The van der Waals surface area contributed by atoms with E-state index in [0.717, 1.165) is 5.25 Å². The molecule has 0 N–H and O–H groups in total. The topological polar surface area (TPSA) is 12.4 Å². The van der Waals surface area contributed by atoms with Gasteiger partial charge in [-0.05, 0) is 13.0 Å². The molecule has 0 fully saturated rings. The lowest BCUT2D eigenvalue weighted by atomic mass is 10.1. The maximum Gasteiger partial charge on any atom is 0.0709 e. The van der Waals surface area contributed by atoms with Crippen LogP contribution in [-0.2, 0) is 0 Å². The van der Waals surface area contributed by atoms with Crippen molar-refractivity contribution >= 4 is 16.8 Å². The average Bonchev–Trinajstić information content (AvgIpc) is 1.62. The minimum absolute atomic E-state index is 0.780.